The zero-order valence-corrected chi connectivity index (χ0v) is 50.4. The van der Waals surface area contributed by atoms with E-state index in [1.54, 1.807) is 7.11 Å². The summed E-state index contributed by atoms with van der Waals surface area (Å²) in [7, 11) is 1.66. The van der Waals surface area contributed by atoms with Gasteiger partial charge in [0, 0.05) is 0 Å². The summed E-state index contributed by atoms with van der Waals surface area (Å²) in [5, 5.41) is 0. The van der Waals surface area contributed by atoms with Gasteiger partial charge in [0.15, 0.2) is 0 Å². The number of methoxy groups -OCH3 is 1. The predicted octanol–water partition coefficient (Wildman–Crippen LogP) is 12.2. The van der Waals surface area contributed by atoms with Crippen LogP contribution in [0.2, 0.25) is 4.82 Å². The third-order valence-corrected chi connectivity index (χ3v) is 18.6. The summed E-state index contributed by atoms with van der Waals surface area (Å²) in [4.78, 5) is 0.108. The minimum Gasteiger partial charge on any atom is -0.0622 e. The van der Waals surface area contributed by atoms with Gasteiger partial charge in [-0.15, -0.1) is 0 Å². The molecule has 13 atom stereocenters. The Morgan fingerprint density at radius 2 is 0.663 bits per heavy atom. The van der Waals surface area contributed by atoms with Gasteiger partial charge in [-0.25, -0.2) is 0 Å². The number of hydrogen-bond donors (Lipinski definition) is 0. The molecule has 0 N–H and O–H groups in total. The van der Waals surface area contributed by atoms with Gasteiger partial charge >= 0.3 is 449 Å². The van der Waals surface area contributed by atoms with Gasteiger partial charge in [-0.2, -0.15) is 0 Å². The summed E-state index contributed by atoms with van der Waals surface area (Å²) in [6, 6.07) is 81.9. The van der Waals surface area contributed by atoms with E-state index < -0.39 is 61.4 Å². The van der Waals surface area contributed by atoms with Crippen LogP contribution in [0, 0.1) is 0 Å². The normalized spacial score (nSPS) is 25.7. The summed E-state index contributed by atoms with van der Waals surface area (Å²) < 4.78 is 84.8. The van der Waals surface area contributed by atoms with E-state index in [-0.39, 0.29) is 51.8 Å². The van der Waals surface area contributed by atoms with Gasteiger partial charge < -0.3 is 0 Å². The van der Waals surface area contributed by atoms with Crippen molar-refractivity contribution in [3.05, 3.63) is 282 Å². The van der Waals surface area contributed by atoms with E-state index in [0.717, 1.165) is 45.4 Å². The van der Waals surface area contributed by atoms with Crippen molar-refractivity contribution in [1.29, 1.82) is 0 Å². The van der Waals surface area contributed by atoms with Crippen molar-refractivity contribution in [2.75, 3.05) is 20.3 Å². The van der Waals surface area contributed by atoms with Crippen molar-refractivity contribution in [3.63, 3.8) is 0 Å². The van der Waals surface area contributed by atoms with E-state index in [1.807, 2.05) is 127 Å². The molecule has 3 aliphatic rings. The van der Waals surface area contributed by atoms with Gasteiger partial charge in [0.2, 0.25) is 0 Å². The smallest absolute Gasteiger partial charge is 0.0622 e. The van der Waals surface area contributed by atoms with Crippen LogP contribution in [0.3, 0.4) is 0 Å². The number of hydrogen-bond acceptors (Lipinski definition) is 12. The fraction of sp³-hybridized carbons (Fsp3) is 0.342. The summed E-state index contributed by atoms with van der Waals surface area (Å²) in [5.74, 6) is 0. The summed E-state index contributed by atoms with van der Waals surface area (Å²) in [5.41, 5.74) is 7.19. The quantitative estimate of drug-likeness (QED) is 0.0400. The first-order valence-corrected chi connectivity index (χ1v) is 31.8. The predicted molar refractivity (Wildman–Crippen MR) is 330 cm³/mol. The SMILES string of the molecule is CO[C@H]1OC(C[C@H]2C[C@@H]([Se]c3ccccc3)[C@H](CO[C@@H]3O[C@H](COCc4ccccc4)[C@@H](OCc4ccccc4)[C@H](OCc4ccccc4)[C@H]3OCc3ccccc3)O2)[C@@H](OCc2ccccc2)[C@H](OCc2ccccc2)[C@H]1OCc1ccccc1. The second-order valence-corrected chi connectivity index (χ2v) is 24.7. The third kappa shape index (κ3) is 17.7. The molecule has 3 heterocycles. The molecule has 448 valence electrons. The minimum absolute atomic E-state index is 0.00438. The van der Waals surface area contributed by atoms with Crippen molar-refractivity contribution in [3.8, 4) is 0 Å². The van der Waals surface area contributed by atoms with Gasteiger partial charge in [0.1, 0.15) is 0 Å². The Hall–Kier alpha value is -6.20. The van der Waals surface area contributed by atoms with Crippen LogP contribution in [0.4, 0.5) is 0 Å². The molecule has 3 aliphatic heterocycles. The molecule has 3 fully saturated rings. The first-order chi connectivity index (χ1) is 42.6. The zero-order chi connectivity index (χ0) is 58.4. The van der Waals surface area contributed by atoms with Crippen LogP contribution < -0.4 is 4.46 Å². The average molecular weight is 1230 g/mol. The molecule has 3 saturated heterocycles. The number of ether oxygens (including phenoxy) is 12. The molecule has 0 spiro atoms. The standard InChI is InChI=1S/C73H78O12Se/c1-74-72-70(80-49-58-36-20-7-21-37-58)68(78-47-56-32-16-5-17-33-56)66(76-45-54-28-12-3-13-29-54)62(84-72)42-60-43-65(86-61-40-24-9-25-41-61)63(83-60)52-82-73-71(81-50-59-38-22-8-23-39-59)69(79-48-57-34-18-6-19-35-57)67(77-46-55-30-14-4-15-31-55)64(85-73)51-75-44-53-26-10-2-11-27-53/h2-41,60,62-73H,42-52H2,1H3/t60-,62?,63-,64+,65+,66+,67+,68-,69-,70+,71+,72-,73+/m0/s1. The van der Waals surface area contributed by atoms with E-state index in [0.29, 0.717) is 46.1 Å². The van der Waals surface area contributed by atoms with Gasteiger partial charge in [0.25, 0.3) is 0 Å². The Bertz CT molecular complexity index is 3120. The van der Waals surface area contributed by atoms with Crippen LogP contribution in [0.15, 0.2) is 243 Å². The van der Waals surface area contributed by atoms with E-state index in [4.69, 9.17) is 56.8 Å². The van der Waals surface area contributed by atoms with E-state index in [2.05, 4.69) is 115 Å². The maximum atomic E-state index is 7.33. The minimum atomic E-state index is -0.913. The Morgan fingerprint density at radius 1 is 0.326 bits per heavy atom. The Kier molecular flexibility index (Phi) is 23.4. The van der Waals surface area contributed by atoms with Crippen LogP contribution in [0.5, 0.6) is 0 Å². The molecule has 12 nitrogen and oxygen atoms in total. The number of rotatable bonds is 30. The van der Waals surface area contributed by atoms with E-state index in [1.165, 1.54) is 4.46 Å². The van der Waals surface area contributed by atoms with E-state index >= 15 is 0 Å². The van der Waals surface area contributed by atoms with Crippen molar-refractivity contribution >= 4 is 19.4 Å². The average Bonchev–Trinajstić information content (AvgIpc) is 2.53. The first-order valence-electron chi connectivity index (χ1n) is 30.0. The molecule has 0 aromatic heterocycles. The second kappa shape index (κ2) is 32.7. The van der Waals surface area contributed by atoms with Crippen LogP contribution in [0.1, 0.15) is 51.8 Å². The van der Waals surface area contributed by atoms with Gasteiger partial charge in [-0.1, -0.05) is 66.7 Å². The van der Waals surface area contributed by atoms with E-state index in [9.17, 15) is 0 Å². The summed E-state index contributed by atoms with van der Waals surface area (Å²) in [6.45, 7) is 2.72. The van der Waals surface area contributed by atoms with Crippen molar-refractivity contribution < 1.29 is 56.8 Å². The molecule has 0 amide bonds. The molecule has 86 heavy (non-hydrogen) atoms. The Balaban J connectivity index is 0.888. The summed E-state index contributed by atoms with van der Waals surface area (Å²) in [6.07, 6.45) is -5.98. The molecule has 13 heteroatoms. The molecule has 8 aromatic carbocycles. The monoisotopic (exact) mass is 1230 g/mol. The molecule has 11 rings (SSSR count). The molecule has 0 saturated carbocycles. The van der Waals surface area contributed by atoms with Crippen molar-refractivity contribution in [1.82, 2.24) is 0 Å². The van der Waals surface area contributed by atoms with Crippen LogP contribution in [0.25, 0.3) is 0 Å². The van der Waals surface area contributed by atoms with Crippen molar-refractivity contribution in [2.45, 2.75) is 138 Å². The van der Waals surface area contributed by atoms with Crippen LogP contribution in [-0.4, -0.2) is 109 Å². The molecular weight excluding hydrogens is 1150 g/mol. The van der Waals surface area contributed by atoms with Gasteiger partial charge in [-0.3, -0.25) is 0 Å². The summed E-state index contributed by atoms with van der Waals surface area (Å²) >= 11 is -0.00438. The molecule has 0 bridgehead atoms. The molecule has 0 aliphatic carbocycles. The third-order valence-electron chi connectivity index (χ3n) is 15.7. The number of benzene rings is 8. The Labute approximate surface area is 513 Å². The second-order valence-electron chi connectivity index (χ2n) is 22.0. The maximum absolute atomic E-state index is 7.33. The van der Waals surface area contributed by atoms with Crippen molar-refractivity contribution in [2.24, 2.45) is 0 Å². The topological polar surface area (TPSA) is 111 Å². The first kappa shape index (κ1) is 61.4. The Morgan fingerprint density at radius 3 is 1.07 bits per heavy atom. The molecule has 8 aromatic rings. The molecular formula is C73H78O12Se. The molecule has 0 radical (unpaired) electrons. The fourth-order valence-corrected chi connectivity index (χ4v) is 14.0. The van der Waals surface area contributed by atoms with Gasteiger partial charge in [-0.05, 0) is 0 Å². The van der Waals surface area contributed by atoms with Gasteiger partial charge in [0.05, 0.1) is 0 Å². The zero-order valence-electron chi connectivity index (χ0n) is 48.7. The van der Waals surface area contributed by atoms with Crippen LogP contribution >= 0.6 is 0 Å². The molecule has 1 unspecified atom stereocenters. The van der Waals surface area contributed by atoms with Crippen LogP contribution in [-0.2, 0) is 103 Å². The fourth-order valence-electron chi connectivity index (χ4n) is 11.4.